The van der Waals surface area contributed by atoms with E-state index in [4.69, 9.17) is 19.0 Å². The zero-order chi connectivity index (χ0) is 29.6. The molecule has 0 saturated carbocycles. The van der Waals surface area contributed by atoms with Crippen molar-refractivity contribution >= 4 is 22.9 Å². The molecule has 2 heterocycles. The highest BCUT2D eigenvalue weighted by Gasteiger charge is 2.30. The number of aryl methyl sites for hydroxylation is 2. The Labute approximate surface area is 243 Å². The number of carbonyl (C=O) groups is 2. The van der Waals surface area contributed by atoms with Gasteiger partial charge in [0.05, 0.1) is 6.42 Å². The van der Waals surface area contributed by atoms with E-state index in [-0.39, 0.29) is 25.0 Å². The van der Waals surface area contributed by atoms with Crippen molar-refractivity contribution in [1.82, 2.24) is 0 Å². The minimum absolute atomic E-state index is 0.0818. The first-order valence-electron chi connectivity index (χ1n) is 14.5. The maximum Gasteiger partial charge on any atom is 0.334 e. The van der Waals surface area contributed by atoms with Gasteiger partial charge in [0, 0.05) is 42.0 Å². The van der Waals surface area contributed by atoms with Crippen LogP contribution in [0.1, 0.15) is 81.2 Å². The molecule has 0 radical (unpaired) electrons. The largest absolute Gasteiger partial charge is 0.462 e. The van der Waals surface area contributed by atoms with Gasteiger partial charge < -0.3 is 19.0 Å². The second-order valence-electron chi connectivity index (χ2n) is 10.4. The van der Waals surface area contributed by atoms with Crippen molar-refractivity contribution in [1.29, 1.82) is 0 Å². The number of hydrogen-bond donors (Lipinski definition) is 1. The molecule has 1 aromatic heterocycles. The Morgan fingerprint density at radius 2 is 1.73 bits per heavy atom. The summed E-state index contributed by atoms with van der Waals surface area (Å²) in [6, 6.07) is 15.9. The minimum Gasteiger partial charge on any atom is -0.462 e. The van der Waals surface area contributed by atoms with Gasteiger partial charge in [-0.1, -0.05) is 75.1 Å². The van der Waals surface area contributed by atoms with E-state index >= 15 is 0 Å². The van der Waals surface area contributed by atoms with Crippen LogP contribution < -0.4 is 0 Å². The van der Waals surface area contributed by atoms with Crippen LogP contribution >= 0.6 is 0 Å². The Kier molecular flexibility index (Phi) is 12.7. The van der Waals surface area contributed by atoms with Gasteiger partial charge in [0.2, 0.25) is 0 Å². The first-order chi connectivity index (χ1) is 19.9. The van der Waals surface area contributed by atoms with Gasteiger partial charge in [0.25, 0.3) is 0 Å². The van der Waals surface area contributed by atoms with E-state index in [1.807, 2.05) is 54.6 Å². The highest BCUT2D eigenvalue weighted by Crippen LogP contribution is 2.25. The fourth-order valence-electron chi connectivity index (χ4n) is 4.93. The van der Waals surface area contributed by atoms with Gasteiger partial charge in [-0.05, 0) is 55.7 Å². The zero-order valence-corrected chi connectivity index (χ0v) is 24.7. The molecule has 0 bridgehead atoms. The van der Waals surface area contributed by atoms with Gasteiger partial charge in [-0.25, -0.2) is 4.79 Å². The molecule has 0 spiro atoms. The molecule has 6 nitrogen and oxygen atoms in total. The second-order valence-corrected chi connectivity index (χ2v) is 10.4. The maximum atomic E-state index is 12.4. The van der Waals surface area contributed by atoms with E-state index in [0.29, 0.717) is 24.3 Å². The third kappa shape index (κ3) is 9.95. The summed E-state index contributed by atoms with van der Waals surface area (Å²) < 4.78 is 16.8. The zero-order valence-electron chi connectivity index (χ0n) is 24.7. The van der Waals surface area contributed by atoms with Gasteiger partial charge >= 0.3 is 11.9 Å². The highest BCUT2D eigenvalue weighted by atomic mass is 16.6. The predicted molar refractivity (Wildman–Crippen MR) is 161 cm³/mol. The number of aliphatic hydroxyl groups excluding tert-OH is 1. The number of hydrogen-bond acceptors (Lipinski definition) is 6. The number of furan rings is 1. The first kappa shape index (κ1) is 31.7. The van der Waals surface area contributed by atoms with Crippen molar-refractivity contribution in [2.75, 3.05) is 13.7 Å². The van der Waals surface area contributed by atoms with Crippen LogP contribution in [-0.4, -0.2) is 36.9 Å². The molecule has 1 N–H and O–H groups in total. The summed E-state index contributed by atoms with van der Waals surface area (Å²) in [5.74, 6) is 7.09. The van der Waals surface area contributed by atoms with Gasteiger partial charge in [0.15, 0.2) is 0 Å². The molecule has 1 aliphatic rings. The third-order valence-electron chi connectivity index (χ3n) is 7.05. The van der Waals surface area contributed by atoms with Crippen LogP contribution in [0.3, 0.4) is 0 Å². The lowest BCUT2D eigenvalue weighted by Crippen LogP contribution is -2.18. The van der Waals surface area contributed by atoms with Crippen molar-refractivity contribution in [2.45, 2.75) is 78.2 Å². The Balaban J connectivity index is 0.00000226. The molecule has 3 aromatic rings. The number of cyclic esters (lactones) is 1. The van der Waals surface area contributed by atoms with Crippen LogP contribution in [0.4, 0.5) is 0 Å². The minimum atomic E-state index is -0.408. The summed E-state index contributed by atoms with van der Waals surface area (Å²) in [4.78, 5) is 24.6. The molecule has 0 amide bonds. The van der Waals surface area contributed by atoms with E-state index in [1.165, 1.54) is 18.4 Å². The Morgan fingerprint density at radius 3 is 2.44 bits per heavy atom. The number of allylic oxidation sites excluding steroid dienone is 1. The van der Waals surface area contributed by atoms with Crippen molar-refractivity contribution < 1.29 is 28.6 Å². The van der Waals surface area contributed by atoms with E-state index in [2.05, 4.69) is 32.6 Å². The first-order valence-corrected chi connectivity index (χ1v) is 14.5. The Hall–Kier alpha value is -3.82. The molecule has 1 aliphatic heterocycles. The van der Waals surface area contributed by atoms with Gasteiger partial charge in [-0.15, -0.1) is 0 Å². The van der Waals surface area contributed by atoms with Crippen LogP contribution in [0, 0.1) is 24.7 Å². The van der Waals surface area contributed by atoms with E-state index in [0.717, 1.165) is 54.2 Å². The van der Waals surface area contributed by atoms with E-state index in [9.17, 15) is 9.59 Å². The second kappa shape index (κ2) is 16.4. The van der Waals surface area contributed by atoms with E-state index < -0.39 is 6.10 Å². The fraction of sp³-hybridized carbons (Fsp3) is 0.429. The number of carbonyl (C=O) groups excluding carboxylic acids is 2. The van der Waals surface area contributed by atoms with Crippen molar-refractivity contribution in [3.8, 4) is 11.8 Å². The van der Waals surface area contributed by atoms with Gasteiger partial charge in [-0.3, -0.25) is 4.79 Å². The number of fused-ring (bicyclic) bond motifs is 1. The Bertz CT molecular complexity index is 1360. The number of aliphatic hydroxyl groups is 1. The Morgan fingerprint density at radius 1 is 1.05 bits per heavy atom. The summed E-state index contributed by atoms with van der Waals surface area (Å²) in [6.07, 6.45) is 8.28. The highest BCUT2D eigenvalue weighted by molar-refractivity contribution is 5.90. The number of benzene rings is 2. The summed E-state index contributed by atoms with van der Waals surface area (Å²) in [6.45, 7) is 6.52. The molecule has 218 valence electrons. The van der Waals surface area contributed by atoms with Crippen LogP contribution in [-0.2, 0) is 25.5 Å². The van der Waals surface area contributed by atoms with E-state index in [1.54, 1.807) is 0 Å². The topological polar surface area (TPSA) is 86.0 Å². The lowest BCUT2D eigenvalue weighted by atomic mass is 9.93. The molecule has 0 aliphatic carbocycles. The predicted octanol–water partition coefficient (Wildman–Crippen LogP) is 7.07. The molecular weight excluding hydrogens is 516 g/mol. The molecule has 6 heteroatoms. The number of esters is 2. The van der Waals surface area contributed by atoms with Gasteiger partial charge in [-0.2, -0.15) is 0 Å². The normalized spacial score (nSPS) is 15.3. The van der Waals surface area contributed by atoms with Crippen LogP contribution in [0.5, 0.6) is 0 Å². The molecule has 1 unspecified atom stereocenters. The lowest BCUT2D eigenvalue weighted by Gasteiger charge is -2.12. The summed E-state index contributed by atoms with van der Waals surface area (Å²) in [7, 11) is 1.00. The quantitative estimate of drug-likeness (QED) is 0.154. The molecule has 2 aromatic carbocycles. The summed E-state index contributed by atoms with van der Waals surface area (Å²) in [5, 5.41) is 7.95. The van der Waals surface area contributed by atoms with Crippen molar-refractivity contribution in [3.05, 3.63) is 82.6 Å². The van der Waals surface area contributed by atoms with Crippen LogP contribution in [0.25, 0.3) is 11.0 Å². The van der Waals surface area contributed by atoms with Gasteiger partial charge in [0.1, 0.15) is 24.1 Å². The number of rotatable bonds is 11. The molecule has 1 fully saturated rings. The molecule has 41 heavy (non-hydrogen) atoms. The average Bonchev–Trinajstić information content (AvgIpc) is 3.56. The summed E-state index contributed by atoms with van der Waals surface area (Å²) in [5.41, 5.74) is 4.55. The fourth-order valence-corrected chi connectivity index (χ4v) is 4.93. The molecular formula is C35H42O6. The monoisotopic (exact) mass is 558 g/mol. The SMILES string of the molecule is CCCC(C/C=C1\CC(COC(=O)CCc2cc3cc(C#Cc4ccc(C)cc4)ccc3o2)OC1=O)CCC.CO. The maximum absolute atomic E-state index is 12.4. The average molecular weight is 559 g/mol. The lowest BCUT2D eigenvalue weighted by molar-refractivity contribution is -0.152. The molecule has 1 saturated heterocycles. The third-order valence-corrected chi connectivity index (χ3v) is 7.05. The standard InChI is InChI=1S/C34H38O5.CH4O/c1-4-6-25(7-5-2)14-16-28-21-31(39-34(28)36)23-37-33(35)19-17-30-22-29-20-27(15-18-32(29)38-30)13-12-26-10-8-24(3)9-11-26;1-2/h8-11,15-16,18,20,22,25,31H,4-7,14,17,19,21,23H2,1-3H3;2H,1H3/b28-16+;. The van der Waals surface area contributed by atoms with Crippen LogP contribution in [0.2, 0.25) is 0 Å². The summed E-state index contributed by atoms with van der Waals surface area (Å²) >= 11 is 0. The van der Waals surface area contributed by atoms with Crippen LogP contribution in [0.15, 0.2) is 64.6 Å². The number of ether oxygens (including phenoxy) is 2. The van der Waals surface area contributed by atoms with Crippen molar-refractivity contribution in [3.63, 3.8) is 0 Å². The molecule has 1 atom stereocenters. The molecule has 4 rings (SSSR count). The smallest absolute Gasteiger partial charge is 0.334 e. The van der Waals surface area contributed by atoms with Crippen molar-refractivity contribution in [2.24, 2.45) is 5.92 Å².